The summed E-state index contributed by atoms with van der Waals surface area (Å²) in [6.45, 7) is 7.48. The van der Waals surface area contributed by atoms with Gasteiger partial charge in [0.25, 0.3) is 0 Å². The highest BCUT2D eigenvalue weighted by Gasteiger charge is 2.12. The van der Waals surface area contributed by atoms with Crippen LogP contribution in [0.4, 0.5) is 0 Å². The molecule has 3 rings (SSSR count). The maximum Gasteiger partial charge on any atom is 0.119 e. The van der Waals surface area contributed by atoms with Crippen molar-refractivity contribution in [2.75, 3.05) is 46.4 Å². The maximum absolute atomic E-state index is 5.69. The van der Waals surface area contributed by atoms with E-state index >= 15 is 0 Å². The molecule has 0 saturated carbocycles. The summed E-state index contributed by atoms with van der Waals surface area (Å²) >= 11 is 0. The molecular weight excluding hydrogens is 300 g/mol. The van der Waals surface area contributed by atoms with Gasteiger partial charge in [0.1, 0.15) is 5.75 Å². The molecule has 1 saturated heterocycles. The quantitative estimate of drug-likeness (QED) is 0.775. The zero-order valence-electron chi connectivity index (χ0n) is 14.8. The average molecular weight is 330 g/mol. The SMILES string of the molecule is COc1ccc2c(c1)c(CCCN1CCNCC1)cn2CCCN. The Kier molecular flexibility index (Phi) is 6.12. The van der Waals surface area contributed by atoms with Gasteiger partial charge in [0.05, 0.1) is 7.11 Å². The molecule has 1 aromatic heterocycles. The predicted molar refractivity (Wildman–Crippen MR) is 99.8 cm³/mol. The molecule has 2 heterocycles. The van der Waals surface area contributed by atoms with Gasteiger partial charge in [-0.1, -0.05) is 0 Å². The van der Waals surface area contributed by atoms with E-state index in [-0.39, 0.29) is 0 Å². The van der Waals surface area contributed by atoms with Crippen molar-refractivity contribution in [2.45, 2.75) is 25.8 Å². The number of hydrogen-bond donors (Lipinski definition) is 2. The molecule has 0 bridgehead atoms. The highest BCUT2D eigenvalue weighted by atomic mass is 16.5. The van der Waals surface area contributed by atoms with Crippen LogP contribution in [0.15, 0.2) is 24.4 Å². The van der Waals surface area contributed by atoms with Gasteiger partial charge >= 0.3 is 0 Å². The van der Waals surface area contributed by atoms with Crippen LogP contribution in [-0.4, -0.2) is 55.8 Å². The summed E-state index contributed by atoms with van der Waals surface area (Å²) in [5, 5.41) is 4.74. The molecule has 1 aliphatic heterocycles. The Hall–Kier alpha value is -1.56. The molecule has 0 amide bonds. The van der Waals surface area contributed by atoms with Crippen LogP contribution in [0.2, 0.25) is 0 Å². The van der Waals surface area contributed by atoms with E-state index in [0.717, 1.165) is 44.8 Å². The zero-order valence-corrected chi connectivity index (χ0v) is 14.8. The first-order chi connectivity index (χ1) is 11.8. The average Bonchev–Trinajstić information content (AvgIpc) is 2.98. The molecule has 24 heavy (non-hydrogen) atoms. The molecule has 0 aliphatic carbocycles. The minimum absolute atomic E-state index is 0.730. The van der Waals surface area contributed by atoms with Crippen molar-refractivity contribution in [1.82, 2.24) is 14.8 Å². The van der Waals surface area contributed by atoms with Crippen molar-refractivity contribution >= 4 is 10.9 Å². The highest BCUT2D eigenvalue weighted by molar-refractivity contribution is 5.85. The van der Waals surface area contributed by atoms with E-state index in [0.29, 0.717) is 0 Å². The number of piperazine rings is 1. The van der Waals surface area contributed by atoms with Crippen LogP contribution in [-0.2, 0) is 13.0 Å². The zero-order chi connectivity index (χ0) is 16.8. The van der Waals surface area contributed by atoms with Crippen LogP contribution in [0.25, 0.3) is 10.9 Å². The summed E-state index contributed by atoms with van der Waals surface area (Å²) in [6.07, 6.45) is 5.64. The van der Waals surface area contributed by atoms with Crippen molar-refractivity contribution in [3.05, 3.63) is 30.0 Å². The Morgan fingerprint density at radius 1 is 1.17 bits per heavy atom. The molecule has 5 nitrogen and oxygen atoms in total. The van der Waals surface area contributed by atoms with Crippen LogP contribution in [0.5, 0.6) is 5.75 Å². The number of nitrogens with zero attached hydrogens (tertiary/aromatic N) is 2. The van der Waals surface area contributed by atoms with E-state index in [1.165, 1.54) is 42.5 Å². The van der Waals surface area contributed by atoms with Crippen LogP contribution in [0.1, 0.15) is 18.4 Å². The fraction of sp³-hybridized carbons (Fsp3) is 0.579. The molecule has 1 aliphatic rings. The fourth-order valence-corrected chi connectivity index (χ4v) is 3.55. The number of hydrogen-bond acceptors (Lipinski definition) is 4. The van der Waals surface area contributed by atoms with Crippen LogP contribution >= 0.6 is 0 Å². The van der Waals surface area contributed by atoms with Gasteiger partial charge < -0.3 is 25.3 Å². The Balaban J connectivity index is 1.72. The smallest absolute Gasteiger partial charge is 0.119 e. The second-order valence-electron chi connectivity index (χ2n) is 6.57. The van der Waals surface area contributed by atoms with Gasteiger partial charge in [-0.25, -0.2) is 0 Å². The molecule has 5 heteroatoms. The summed E-state index contributed by atoms with van der Waals surface area (Å²) < 4.78 is 7.77. The number of rotatable bonds is 8. The lowest BCUT2D eigenvalue weighted by atomic mass is 10.1. The molecule has 1 aromatic carbocycles. The molecule has 2 aromatic rings. The Labute approximate surface area is 144 Å². The number of aromatic nitrogens is 1. The minimum atomic E-state index is 0.730. The van der Waals surface area contributed by atoms with Crippen molar-refractivity contribution in [3.8, 4) is 5.75 Å². The summed E-state index contributed by atoms with van der Waals surface area (Å²) in [4.78, 5) is 2.56. The van der Waals surface area contributed by atoms with E-state index in [2.05, 4.69) is 33.1 Å². The monoisotopic (exact) mass is 330 g/mol. The first-order valence-corrected chi connectivity index (χ1v) is 9.10. The number of aryl methyl sites for hydroxylation is 2. The van der Waals surface area contributed by atoms with Crippen molar-refractivity contribution in [3.63, 3.8) is 0 Å². The number of nitrogens with two attached hydrogens (primary N) is 1. The van der Waals surface area contributed by atoms with Gasteiger partial charge in [0, 0.05) is 49.8 Å². The van der Waals surface area contributed by atoms with Crippen LogP contribution in [0, 0.1) is 0 Å². The first kappa shape index (κ1) is 17.3. The molecule has 132 valence electrons. The minimum Gasteiger partial charge on any atom is -0.497 e. The van der Waals surface area contributed by atoms with Gasteiger partial charge in [-0.2, -0.15) is 0 Å². The number of nitrogens with one attached hydrogen (secondary N) is 1. The van der Waals surface area contributed by atoms with Gasteiger partial charge in [0.15, 0.2) is 0 Å². The molecule has 1 fully saturated rings. The van der Waals surface area contributed by atoms with Gasteiger partial charge in [-0.3, -0.25) is 0 Å². The van der Waals surface area contributed by atoms with E-state index in [9.17, 15) is 0 Å². The summed E-state index contributed by atoms with van der Waals surface area (Å²) in [6, 6.07) is 6.39. The fourth-order valence-electron chi connectivity index (χ4n) is 3.55. The third-order valence-corrected chi connectivity index (χ3v) is 4.90. The lowest BCUT2D eigenvalue weighted by molar-refractivity contribution is 0.238. The van der Waals surface area contributed by atoms with Crippen LogP contribution in [0.3, 0.4) is 0 Å². The Morgan fingerprint density at radius 3 is 2.75 bits per heavy atom. The third kappa shape index (κ3) is 4.09. The van der Waals surface area contributed by atoms with Crippen LogP contribution < -0.4 is 15.8 Å². The van der Waals surface area contributed by atoms with E-state index in [4.69, 9.17) is 10.5 Å². The molecule has 0 radical (unpaired) electrons. The molecule has 3 N–H and O–H groups in total. The normalized spacial score (nSPS) is 15.9. The largest absolute Gasteiger partial charge is 0.497 e. The van der Waals surface area contributed by atoms with E-state index in [1.807, 2.05) is 6.07 Å². The molecule has 0 spiro atoms. The summed E-state index contributed by atoms with van der Waals surface area (Å²) in [5.74, 6) is 0.933. The van der Waals surface area contributed by atoms with E-state index < -0.39 is 0 Å². The molecule has 0 unspecified atom stereocenters. The second kappa shape index (κ2) is 8.51. The van der Waals surface area contributed by atoms with Gasteiger partial charge in [-0.05, 0) is 56.1 Å². The van der Waals surface area contributed by atoms with Gasteiger partial charge in [0.2, 0.25) is 0 Å². The Bertz CT molecular complexity index is 646. The molecule has 0 atom stereocenters. The number of benzene rings is 1. The third-order valence-electron chi connectivity index (χ3n) is 4.90. The molecular formula is C19H30N4O. The van der Waals surface area contributed by atoms with Crippen molar-refractivity contribution < 1.29 is 4.74 Å². The Morgan fingerprint density at radius 2 is 2.00 bits per heavy atom. The topological polar surface area (TPSA) is 55.5 Å². The second-order valence-corrected chi connectivity index (χ2v) is 6.57. The summed E-state index contributed by atoms with van der Waals surface area (Å²) in [7, 11) is 1.73. The maximum atomic E-state index is 5.69. The van der Waals surface area contributed by atoms with Crippen molar-refractivity contribution in [2.24, 2.45) is 5.73 Å². The summed E-state index contributed by atoms with van der Waals surface area (Å²) in [5.41, 5.74) is 8.41. The highest BCUT2D eigenvalue weighted by Crippen LogP contribution is 2.27. The van der Waals surface area contributed by atoms with Crippen molar-refractivity contribution in [1.29, 1.82) is 0 Å². The lowest BCUT2D eigenvalue weighted by Gasteiger charge is -2.26. The number of ether oxygens (including phenoxy) is 1. The van der Waals surface area contributed by atoms with Gasteiger partial charge in [-0.15, -0.1) is 0 Å². The van der Waals surface area contributed by atoms with E-state index in [1.54, 1.807) is 7.11 Å². The standard InChI is InChI=1S/C19H30N4O/c1-24-17-5-6-19-18(14-17)16(15-23(19)11-3-7-20)4-2-10-22-12-8-21-9-13-22/h5-6,14-15,21H,2-4,7-13,20H2,1H3. The number of methoxy groups -OCH3 is 1. The predicted octanol–water partition coefficient (Wildman–Crippen LogP) is 1.84. The number of fused-ring (bicyclic) bond motifs is 1. The first-order valence-electron chi connectivity index (χ1n) is 9.10. The lowest BCUT2D eigenvalue weighted by Crippen LogP contribution is -2.43.